The lowest BCUT2D eigenvalue weighted by Gasteiger charge is -2.31. The molecule has 3 rings (SSSR count). The van der Waals surface area contributed by atoms with Gasteiger partial charge in [0, 0.05) is 6.04 Å². The van der Waals surface area contributed by atoms with E-state index in [0.717, 1.165) is 18.3 Å². The van der Waals surface area contributed by atoms with Gasteiger partial charge in [-0.1, -0.05) is 6.92 Å². The van der Waals surface area contributed by atoms with Crippen molar-refractivity contribution in [3.05, 3.63) is 0 Å². The zero-order valence-corrected chi connectivity index (χ0v) is 10.3. The van der Waals surface area contributed by atoms with Crippen LogP contribution >= 0.6 is 0 Å². The van der Waals surface area contributed by atoms with Gasteiger partial charge in [0.1, 0.15) is 0 Å². The number of nitrogens with one attached hydrogen (secondary N) is 1. The molecule has 2 unspecified atom stereocenters. The Bertz CT molecular complexity index is 284. The average molecular weight is 222 g/mol. The molecule has 0 aromatic heterocycles. The first kappa shape index (κ1) is 10.6. The van der Waals surface area contributed by atoms with Crippen LogP contribution in [0.4, 0.5) is 0 Å². The van der Waals surface area contributed by atoms with Crippen molar-refractivity contribution < 1.29 is 4.79 Å². The van der Waals surface area contributed by atoms with E-state index in [1.165, 1.54) is 25.7 Å². The first-order valence-electron chi connectivity index (χ1n) is 6.80. The lowest BCUT2D eigenvalue weighted by molar-refractivity contribution is -0.133. The number of hydrogen-bond donors (Lipinski definition) is 1. The molecule has 3 fully saturated rings. The van der Waals surface area contributed by atoms with Crippen LogP contribution < -0.4 is 5.32 Å². The summed E-state index contributed by atoms with van der Waals surface area (Å²) in [5, 5.41) is 3.43. The topological polar surface area (TPSA) is 32.3 Å². The lowest BCUT2D eigenvalue weighted by atomic mass is 10.0. The van der Waals surface area contributed by atoms with Crippen LogP contribution in [-0.4, -0.2) is 29.1 Å². The highest BCUT2D eigenvalue weighted by atomic mass is 16.2. The molecule has 0 aromatic rings. The van der Waals surface area contributed by atoms with Crippen molar-refractivity contribution in [3.8, 4) is 0 Å². The molecular weight excluding hydrogens is 200 g/mol. The molecule has 90 valence electrons. The molecule has 2 saturated carbocycles. The second-order valence-electron chi connectivity index (χ2n) is 5.71. The summed E-state index contributed by atoms with van der Waals surface area (Å²) in [6.07, 6.45) is 6.54. The Morgan fingerprint density at radius 3 is 2.25 bits per heavy atom. The summed E-state index contributed by atoms with van der Waals surface area (Å²) in [4.78, 5) is 14.5. The van der Waals surface area contributed by atoms with Gasteiger partial charge in [-0.05, 0) is 50.9 Å². The van der Waals surface area contributed by atoms with Crippen molar-refractivity contribution >= 4 is 5.91 Å². The van der Waals surface area contributed by atoms with E-state index in [-0.39, 0.29) is 12.2 Å². The molecule has 0 radical (unpaired) electrons. The van der Waals surface area contributed by atoms with Gasteiger partial charge in [-0.2, -0.15) is 0 Å². The molecule has 1 heterocycles. The number of nitrogens with zero attached hydrogens (tertiary/aromatic N) is 1. The number of carbonyl (C=O) groups is 1. The highest BCUT2D eigenvalue weighted by molar-refractivity contribution is 5.84. The van der Waals surface area contributed by atoms with Crippen LogP contribution in [0, 0.1) is 11.8 Å². The van der Waals surface area contributed by atoms with E-state index < -0.39 is 0 Å². The van der Waals surface area contributed by atoms with E-state index in [0.29, 0.717) is 11.9 Å². The van der Waals surface area contributed by atoms with E-state index in [9.17, 15) is 4.79 Å². The van der Waals surface area contributed by atoms with E-state index >= 15 is 0 Å². The van der Waals surface area contributed by atoms with Gasteiger partial charge < -0.3 is 4.90 Å². The van der Waals surface area contributed by atoms with Crippen LogP contribution in [0.2, 0.25) is 0 Å². The minimum Gasteiger partial charge on any atom is -0.323 e. The predicted octanol–water partition coefficient (Wildman–Crippen LogP) is 1.73. The van der Waals surface area contributed by atoms with Crippen LogP contribution in [0.3, 0.4) is 0 Å². The summed E-state index contributed by atoms with van der Waals surface area (Å²) in [6.45, 7) is 4.24. The standard InChI is InChI=1S/C13H22N2O/c1-3-11-13(16)15(8(2)14-11)12(9-4-5-9)10-6-7-10/h8-12,14H,3-7H2,1-2H3. The predicted molar refractivity (Wildman–Crippen MR) is 62.8 cm³/mol. The van der Waals surface area contributed by atoms with Crippen LogP contribution in [0.5, 0.6) is 0 Å². The van der Waals surface area contributed by atoms with Crippen LogP contribution in [0.25, 0.3) is 0 Å². The minimum absolute atomic E-state index is 0.0787. The van der Waals surface area contributed by atoms with Crippen molar-refractivity contribution in [2.45, 2.75) is 64.2 Å². The van der Waals surface area contributed by atoms with Crippen molar-refractivity contribution in [2.75, 3.05) is 0 Å². The van der Waals surface area contributed by atoms with Gasteiger partial charge in [0.2, 0.25) is 5.91 Å². The number of amides is 1. The van der Waals surface area contributed by atoms with Gasteiger partial charge in [-0.25, -0.2) is 0 Å². The van der Waals surface area contributed by atoms with Crippen LogP contribution in [0.15, 0.2) is 0 Å². The highest BCUT2D eigenvalue weighted by Gasteiger charge is 2.50. The van der Waals surface area contributed by atoms with Crippen molar-refractivity contribution in [2.24, 2.45) is 11.8 Å². The SMILES string of the molecule is CCC1NC(C)N(C(C2CC2)C2CC2)C1=O. The third-order valence-corrected chi connectivity index (χ3v) is 4.35. The summed E-state index contributed by atoms with van der Waals surface area (Å²) in [7, 11) is 0. The third-order valence-electron chi connectivity index (χ3n) is 4.35. The number of rotatable bonds is 4. The first-order valence-corrected chi connectivity index (χ1v) is 6.80. The molecule has 0 bridgehead atoms. The molecule has 2 aliphatic carbocycles. The fourth-order valence-corrected chi connectivity index (χ4v) is 3.23. The van der Waals surface area contributed by atoms with E-state index in [2.05, 4.69) is 24.1 Å². The molecule has 3 heteroatoms. The summed E-state index contributed by atoms with van der Waals surface area (Å²) in [5.41, 5.74) is 0. The van der Waals surface area contributed by atoms with Crippen molar-refractivity contribution in [1.82, 2.24) is 10.2 Å². The average Bonchev–Trinajstić information content (AvgIpc) is 3.14. The third kappa shape index (κ3) is 1.65. The largest absolute Gasteiger partial charge is 0.323 e. The monoisotopic (exact) mass is 222 g/mol. The normalized spacial score (nSPS) is 35.2. The summed E-state index contributed by atoms with van der Waals surface area (Å²) >= 11 is 0. The van der Waals surface area contributed by atoms with Gasteiger partial charge in [0.25, 0.3) is 0 Å². The Balaban J connectivity index is 1.78. The zero-order valence-electron chi connectivity index (χ0n) is 10.3. The van der Waals surface area contributed by atoms with E-state index in [1.54, 1.807) is 0 Å². The summed E-state index contributed by atoms with van der Waals surface area (Å²) < 4.78 is 0. The molecule has 2 atom stereocenters. The number of hydrogen-bond acceptors (Lipinski definition) is 2. The maximum absolute atomic E-state index is 12.3. The molecular formula is C13H22N2O. The quantitative estimate of drug-likeness (QED) is 0.785. The Kier molecular flexibility index (Phi) is 2.46. The molecule has 1 aliphatic heterocycles. The van der Waals surface area contributed by atoms with E-state index in [4.69, 9.17) is 0 Å². The maximum atomic E-state index is 12.3. The molecule has 3 aliphatic rings. The first-order chi connectivity index (χ1) is 7.72. The minimum atomic E-state index is 0.0787. The Morgan fingerprint density at radius 2 is 1.88 bits per heavy atom. The van der Waals surface area contributed by atoms with Crippen molar-refractivity contribution in [3.63, 3.8) is 0 Å². The Morgan fingerprint density at radius 1 is 1.31 bits per heavy atom. The van der Waals surface area contributed by atoms with Crippen LogP contribution in [-0.2, 0) is 4.79 Å². The smallest absolute Gasteiger partial charge is 0.241 e. The fraction of sp³-hybridized carbons (Fsp3) is 0.923. The molecule has 1 amide bonds. The van der Waals surface area contributed by atoms with Gasteiger partial charge >= 0.3 is 0 Å². The van der Waals surface area contributed by atoms with E-state index in [1.807, 2.05) is 0 Å². The van der Waals surface area contributed by atoms with Gasteiger partial charge in [-0.15, -0.1) is 0 Å². The highest BCUT2D eigenvalue weighted by Crippen LogP contribution is 2.48. The summed E-state index contributed by atoms with van der Waals surface area (Å²) in [6, 6.07) is 0.640. The van der Waals surface area contributed by atoms with Gasteiger partial charge in [-0.3, -0.25) is 10.1 Å². The molecule has 1 saturated heterocycles. The molecule has 3 nitrogen and oxygen atoms in total. The second-order valence-corrected chi connectivity index (χ2v) is 5.71. The molecule has 16 heavy (non-hydrogen) atoms. The summed E-state index contributed by atoms with van der Waals surface area (Å²) in [5.74, 6) is 1.99. The van der Waals surface area contributed by atoms with Gasteiger partial charge in [0.05, 0.1) is 12.2 Å². The second kappa shape index (κ2) is 3.73. The van der Waals surface area contributed by atoms with Crippen LogP contribution in [0.1, 0.15) is 46.0 Å². The fourth-order valence-electron chi connectivity index (χ4n) is 3.23. The lowest BCUT2D eigenvalue weighted by Crippen LogP contribution is -2.45. The van der Waals surface area contributed by atoms with Gasteiger partial charge in [0.15, 0.2) is 0 Å². The molecule has 0 spiro atoms. The number of carbonyl (C=O) groups excluding carboxylic acids is 1. The maximum Gasteiger partial charge on any atom is 0.241 e. The Labute approximate surface area is 97.6 Å². The molecule has 1 N–H and O–H groups in total. The zero-order chi connectivity index (χ0) is 11.3. The Hall–Kier alpha value is -0.570. The molecule has 0 aromatic carbocycles. The van der Waals surface area contributed by atoms with Crippen molar-refractivity contribution in [1.29, 1.82) is 0 Å².